The Morgan fingerprint density at radius 2 is 1.70 bits per heavy atom. The zero-order valence-electron chi connectivity index (χ0n) is 20.4. The van der Waals surface area contributed by atoms with E-state index in [9.17, 15) is 14.0 Å². The number of carbonyl (C=O) groups excluding carboxylic acids is 2. The normalized spacial score (nSPS) is 10.9. The Bertz CT molecular complexity index is 1590. The summed E-state index contributed by atoms with van der Waals surface area (Å²) in [5, 5.41) is 7.95. The van der Waals surface area contributed by atoms with Gasteiger partial charge in [-0.05, 0) is 48.0 Å². The zero-order chi connectivity index (χ0) is 25.9. The van der Waals surface area contributed by atoms with Crippen LogP contribution in [-0.4, -0.2) is 45.6 Å². The molecule has 3 aromatic carbocycles. The van der Waals surface area contributed by atoms with Gasteiger partial charge < -0.3 is 10.2 Å². The molecule has 2 heterocycles. The smallest absolute Gasteiger partial charge is 0.256 e. The predicted octanol–water partition coefficient (Wildman–Crippen LogP) is 5.24. The van der Waals surface area contributed by atoms with E-state index in [-0.39, 0.29) is 17.6 Å². The molecule has 0 aliphatic carbocycles. The third kappa shape index (κ3) is 5.08. The minimum atomic E-state index is -0.332. The van der Waals surface area contributed by atoms with Crippen LogP contribution in [-0.2, 0) is 6.54 Å². The summed E-state index contributed by atoms with van der Waals surface area (Å²) in [5.74, 6) is -0.779. The summed E-state index contributed by atoms with van der Waals surface area (Å²) in [6, 6.07) is 24.3. The monoisotopic (exact) mass is 493 g/mol. The molecule has 0 bridgehead atoms. The van der Waals surface area contributed by atoms with E-state index < -0.39 is 0 Å². The van der Waals surface area contributed by atoms with Crippen LogP contribution in [0.1, 0.15) is 26.3 Å². The number of hydrogen-bond donors (Lipinski definition) is 1. The average molecular weight is 494 g/mol. The minimum absolute atomic E-state index is 0.119. The molecule has 0 spiro atoms. The molecule has 0 aliphatic heterocycles. The molecule has 0 saturated heterocycles. The van der Waals surface area contributed by atoms with Gasteiger partial charge in [0.05, 0.1) is 29.4 Å². The van der Waals surface area contributed by atoms with Crippen LogP contribution in [0.5, 0.6) is 0 Å². The van der Waals surface area contributed by atoms with Gasteiger partial charge in [-0.3, -0.25) is 9.59 Å². The Morgan fingerprint density at radius 1 is 0.946 bits per heavy atom. The van der Waals surface area contributed by atoms with Crippen LogP contribution in [0.15, 0.2) is 91.1 Å². The highest BCUT2D eigenvalue weighted by molar-refractivity contribution is 6.12. The van der Waals surface area contributed by atoms with E-state index in [0.29, 0.717) is 40.1 Å². The largest absolute Gasteiger partial charge is 0.345 e. The second-order valence-corrected chi connectivity index (χ2v) is 8.82. The van der Waals surface area contributed by atoms with Gasteiger partial charge in [0.2, 0.25) is 0 Å². The lowest BCUT2D eigenvalue weighted by molar-refractivity contribution is 0.0827. The van der Waals surface area contributed by atoms with Crippen molar-refractivity contribution < 1.29 is 14.0 Å². The van der Waals surface area contributed by atoms with Crippen molar-refractivity contribution in [2.24, 2.45) is 0 Å². The average Bonchev–Trinajstić information content (AvgIpc) is 3.31. The molecule has 0 atom stereocenters. The Balaban J connectivity index is 1.53. The molecule has 2 aromatic heterocycles. The first kappa shape index (κ1) is 23.9. The number of rotatable bonds is 6. The van der Waals surface area contributed by atoms with E-state index in [1.54, 1.807) is 61.4 Å². The first-order valence-corrected chi connectivity index (χ1v) is 11.7. The number of aromatic nitrogens is 3. The lowest BCUT2D eigenvalue weighted by atomic mass is 10.1. The molecule has 0 radical (unpaired) electrons. The number of fused-ring (bicyclic) bond motifs is 1. The lowest BCUT2D eigenvalue weighted by Gasteiger charge is -2.12. The number of hydrogen-bond acceptors (Lipinski definition) is 4. The SMILES string of the molecule is CN(C)C(=O)c1ccc(NC(=O)c2cc(-c3ccccc3)nc3c2cnn3Cc2cccc(F)c2)cc1. The van der Waals surface area contributed by atoms with Crippen molar-refractivity contribution in [3.63, 3.8) is 0 Å². The maximum atomic E-state index is 13.8. The van der Waals surface area contributed by atoms with Crippen molar-refractivity contribution in [1.29, 1.82) is 0 Å². The quantitative estimate of drug-likeness (QED) is 0.351. The summed E-state index contributed by atoms with van der Waals surface area (Å²) in [5.41, 5.74) is 4.20. The van der Waals surface area contributed by atoms with E-state index in [4.69, 9.17) is 4.98 Å². The standard InChI is InChI=1S/C29H24FN5O2/c1-34(2)29(37)21-11-13-23(14-12-21)32-28(36)24-16-26(20-8-4-3-5-9-20)33-27-25(24)17-31-35(27)18-19-7-6-10-22(30)15-19/h3-17H,18H2,1-2H3,(H,32,36). The molecule has 0 saturated carbocycles. The van der Waals surface area contributed by atoms with Crippen molar-refractivity contribution in [3.8, 4) is 11.3 Å². The molecule has 5 rings (SSSR count). The number of benzene rings is 3. The van der Waals surface area contributed by atoms with E-state index in [2.05, 4.69) is 10.4 Å². The molecule has 5 aromatic rings. The number of anilines is 1. The van der Waals surface area contributed by atoms with Crippen LogP contribution in [0.3, 0.4) is 0 Å². The number of carbonyl (C=O) groups is 2. The molecule has 8 heteroatoms. The molecule has 0 unspecified atom stereocenters. The topological polar surface area (TPSA) is 80.1 Å². The van der Waals surface area contributed by atoms with E-state index in [1.807, 2.05) is 36.4 Å². The highest BCUT2D eigenvalue weighted by Gasteiger charge is 2.18. The minimum Gasteiger partial charge on any atom is -0.345 e. The second kappa shape index (κ2) is 10.0. The van der Waals surface area contributed by atoms with Gasteiger partial charge in [-0.15, -0.1) is 0 Å². The maximum absolute atomic E-state index is 13.8. The summed E-state index contributed by atoms with van der Waals surface area (Å²) in [6.07, 6.45) is 1.60. The number of halogens is 1. The fraction of sp³-hybridized carbons (Fsp3) is 0.103. The van der Waals surface area contributed by atoms with Crippen LogP contribution in [0, 0.1) is 5.82 Å². The Labute approximate surface area is 213 Å². The van der Waals surface area contributed by atoms with Gasteiger partial charge in [0.25, 0.3) is 11.8 Å². The molecular formula is C29H24FN5O2. The molecule has 0 fully saturated rings. The molecule has 37 heavy (non-hydrogen) atoms. The van der Waals surface area contributed by atoms with Crippen molar-refractivity contribution >= 4 is 28.5 Å². The van der Waals surface area contributed by atoms with Crippen molar-refractivity contribution in [2.45, 2.75) is 6.54 Å². The first-order valence-electron chi connectivity index (χ1n) is 11.7. The van der Waals surface area contributed by atoms with Gasteiger partial charge >= 0.3 is 0 Å². The Kier molecular flexibility index (Phi) is 6.47. The molecule has 1 N–H and O–H groups in total. The summed E-state index contributed by atoms with van der Waals surface area (Å²) in [7, 11) is 3.37. The van der Waals surface area contributed by atoms with E-state index >= 15 is 0 Å². The van der Waals surface area contributed by atoms with Crippen molar-refractivity contribution in [1.82, 2.24) is 19.7 Å². The second-order valence-electron chi connectivity index (χ2n) is 8.82. The first-order chi connectivity index (χ1) is 17.9. The van der Waals surface area contributed by atoms with Gasteiger partial charge in [0, 0.05) is 30.9 Å². The van der Waals surface area contributed by atoms with Crippen molar-refractivity contribution in [2.75, 3.05) is 19.4 Å². The number of amides is 2. The number of pyridine rings is 1. The fourth-order valence-corrected chi connectivity index (χ4v) is 4.07. The van der Waals surface area contributed by atoms with Gasteiger partial charge in [-0.25, -0.2) is 14.1 Å². The number of nitrogens with one attached hydrogen (secondary N) is 1. The van der Waals surface area contributed by atoms with Gasteiger partial charge in [0.1, 0.15) is 5.82 Å². The predicted molar refractivity (Wildman–Crippen MR) is 141 cm³/mol. The van der Waals surface area contributed by atoms with Gasteiger partial charge in [-0.2, -0.15) is 5.10 Å². The Hall–Kier alpha value is -4.85. The highest BCUT2D eigenvalue weighted by Crippen LogP contribution is 2.26. The molecule has 184 valence electrons. The highest BCUT2D eigenvalue weighted by atomic mass is 19.1. The maximum Gasteiger partial charge on any atom is 0.256 e. The van der Waals surface area contributed by atoms with E-state index in [0.717, 1.165) is 11.1 Å². The van der Waals surface area contributed by atoms with Gasteiger partial charge in [0.15, 0.2) is 5.65 Å². The third-order valence-electron chi connectivity index (χ3n) is 5.94. The molecule has 7 nitrogen and oxygen atoms in total. The third-order valence-corrected chi connectivity index (χ3v) is 5.94. The van der Waals surface area contributed by atoms with Crippen LogP contribution in [0.4, 0.5) is 10.1 Å². The van der Waals surface area contributed by atoms with Crippen LogP contribution >= 0.6 is 0 Å². The Morgan fingerprint density at radius 3 is 2.41 bits per heavy atom. The van der Waals surface area contributed by atoms with Crippen LogP contribution < -0.4 is 5.32 Å². The summed E-state index contributed by atoms with van der Waals surface area (Å²) >= 11 is 0. The summed E-state index contributed by atoms with van der Waals surface area (Å²) < 4.78 is 15.4. The molecule has 0 aliphatic rings. The molecule has 2 amide bonds. The molecular weight excluding hydrogens is 469 g/mol. The van der Waals surface area contributed by atoms with E-state index in [1.165, 1.54) is 17.0 Å². The lowest BCUT2D eigenvalue weighted by Crippen LogP contribution is -2.21. The van der Waals surface area contributed by atoms with Gasteiger partial charge in [-0.1, -0.05) is 42.5 Å². The number of nitrogens with zero attached hydrogens (tertiary/aromatic N) is 4. The summed E-state index contributed by atoms with van der Waals surface area (Å²) in [4.78, 5) is 31.9. The van der Waals surface area contributed by atoms with Crippen LogP contribution in [0.2, 0.25) is 0 Å². The fourth-order valence-electron chi connectivity index (χ4n) is 4.07. The van der Waals surface area contributed by atoms with Crippen molar-refractivity contribution in [3.05, 3.63) is 114 Å². The zero-order valence-corrected chi connectivity index (χ0v) is 20.4. The summed E-state index contributed by atoms with van der Waals surface area (Å²) in [6.45, 7) is 0.301. The van der Waals surface area contributed by atoms with Crippen LogP contribution in [0.25, 0.3) is 22.3 Å².